The monoisotopic (exact) mass is 1670 g/mol. The quantitative estimate of drug-likeness (QED) is 0.0109. The van der Waals surface area contributed by atoms with Crippen molar-refractivity contribution in [3.05, 3.63) is 65.9 Å². The van der Waals surface area contributed by atoms with Gasteiger partial charge in [-0.3, -0.25) is 86.3 Å². The molecule has 0 aliphatic heterocycles. The van der Waals surface area contributed by atoms with Crippen molar-refractivity contribution in [1.29, 1.82) is 0 Å². The SMILES string of the molecule is CCCCCCCCCC(=O)N(CC)[C@@H](Cc1c[nH]c2ccccc12)C(=O)N[C@H](CC(N)=O)C(=O)N[C@@H](CC(=O)O)C(=O)N[C@H](C(=O)NCC(=O)N[C@@H](CCCN)C(=O)O)[C@@H](C)OC(=O)[C@H](CC(=O)c1ccccc1N)NC(=O)[C@@H](NC(=O)[C@@H](CO)NC(=O)CNC(=O)[C@H](CC(=O)O)NC(=O)[C@@H](C)NC(=O)[C@@H](N)CC(=O)O)[C@H](C)CC(=O)O. The zero-order chi connectivity index (χ0) is 88.6. The van der Waals surface area contributed by atoms with Gasteiger partial charge < -0.3 is 127 Å². The van der Waals surface area contributed by atoms with Gasteiger partial charge in [0.15, 0.2) is 5.78 Å². The molecule has 0 aliphatic rings. The summed E-state index contributed by atoms with van der Waals surface area (Å²) in [5.74, 6) is -28.8. The van der Waals surface area contributed by atoms with E-state index in [0.29, 0.717) is 29.3 Å². The van der Waals surface area contributed by atoms with E-state index in [0.717, 1.165) is 52.9 Å². The van der Waals surface area contributed by atoms with Crippen molar-refractivity contribution in [2.75, 3.05) is 38.5 Å². The number of nitrogen functional groups attached to an aromatic ring is 1. The molecule has 650 valence electrons. The van der Waals surface area contributed by atoms with Crippen LogP contribution in [0.1, 0.15) is 153 Å². The van der Waals surface area contributed by atoms with Gasteiger partial charge in [0.05, 0.1) is 57.8 Å². The van der Waals surface area contributed by atoms with Gasteiger partial charge >= 0.3 is 35.8 Å². The third-order valence-electron chi connectivity index (χ3n) is 18.2. The van der Waals surface area contributed by atoms with Crippen molar-refractivity contribution >= 4 is 135 Å². The summed E-state index contributed by atoms with van der Waals surface area (Å²) in [6, 6.07) is -9.32. The fourth-order valence-corrected chi connectivity index (χ4v) is 11.9. The Morgan fingerprint density at radius 1 is 0.508 bits per heavy atom. The third-order valence-corrected chi connectivity index (χ3v) is 18.2. The minimum Gasteiger partial charge on any atom is -0.481 e. The molecular weight excluding hydrogens is 1560 g/mol. The maximum atomic E-state index is 14.8. The van der Waals surface area contributed by atoms with Gasteiger partial charge in [0.25, 0.3) is 0 Å². The van der Waals surface area contributed by atoms with E-state index in [9.17, 15) is 121 Å². The minimum absolute atomic E-state index is 0.00954. The number of ether oxygens (including phenoxy) is 1. The highest BCUT2D eigenvalue weighted by Crippen LogP contribution is 2.23. The van der Waals surface area contributed by atoms with E-state index in [1.807, 2.05) is 16.0 Å². The molecule has 2 aromatic carbocycles. The van der Waals surface area contributed by atoms with Gasteiger partial charge in [0.2, 0.25) is 76.8 Å². The van der Waals surface area contributed by atoms with Gasteiger partial charge in [-0.15, -0.1) is 0 Å². The highest BCUT2D eigenvalue weighted by molar-refractivity contribution is 6.05. The topological polar surface area (TPSA) is 727 Å². The molecule has 0 saturated heterocycles. The number of nitrogens with two attached hydrogens (primary N) is 4. The average molecular weight is 1670 g/mol. The molecule has 13 amide bonds. The van der Waals surface area contributed by atoms with Crippen molar-refractivity contribution < 1.29 is 131 Å². The summed E-state index contributed by atoms with van der Waals surface area (Å²) in [6.45, 7) is 3.09. The number of fused-ring (bicyclic) bond motifs is 1. The molecule has 0 bridgehead atoms. The molecule has 44 heteroatoms. The zero-order valence-electron chi connectivity index (χ0n) is 65.8. The smallest absolute Gasteiger partial charge is 0.329 e. The summed E-state index contributed by atoms with van der Waals surface area (Å²) in [6.07, 6.45) is -1.26. The molecule has 3 aromatic rings. The van der Waals surface area contributed by atoms with E-state index in [-0.39, 0.29) is 50.0 Å². The van der Waals surface area contributed by atoms with E-state index in [1.54, 1.807) is 37.4 Å². The van der Waals surface area contributed by atoms with Gasteiger partial charge in [0.1, 0.15) is 66.5 Å². The summed E-state index contributed by atoms with van der Waals surface area (Å²) in [5, 5.41) is 82.6. The van der Waals surface area contributed by atoms with E-state index >= 15 is 0 Å². The second-order valence-corrected chi connectivity index (χ2v) is 27.7. The van der Waals surface area contributed by atoms with Crippen LogP contribution in [-0.2, 0) is 102 Å². The van der Waals surface area contributed by atoms with Gasteiger partial charge in [-0.2, -0.15) is 0 Å². The van der Waals surface area contributed by atoms with Gasteiger partial charge in [-0.25, -0.2) is 9.59 Å². The highest BCUT2D eigenvalue weighted by atomic mass is 16.5. The Bertz CT molecular complexity index is 4080. The number of aromatic amines is 1. The number of benzene rings is 2. The lowest BCUT2D eigenvalue weighted by atomic mass is 9.96. The fourth-order valence-electron chi connectivity index (χ4n) is 11.9. The molecule has 0 unspecified atom stereocenters. The van der Waals surface area contributed by atoms with Gasteiger partial charge in [0, 0.05) is 54.2 Å². The molecule has 1 aromatic heterocycles. The molecule has 3 rings (SSSR count). The normalized spacial score (nSPS) is 14.3. The lowest BCUT2D eigenvalue weighted by Gasteiger charge is -2.32. The van der Waals surface area contributed by atoms with Crippen molar-refractivity contribution in [2.24, 2.45) is 23.1 Å². The summed E-state index contributed by atoms with van der Waals surface area (Å²) in [7, 11) is 0. The number of anilines is 1. The first-order valence-corrected chi connectivity index (χ1v) is 37.8. The second-order valence-electron chi connectivity index (χ2n) is 27.7. The van der Waals surface area contributed by atoms with Crippen LogP contribution in [-0.4, -0.2) is 264 Å². The molecule has 0 fully saturated rings. The standard InChI is InChI=1S/C74H107N17O27/c1-6-8-9-10-11-12-13-24-57(97)91(7-2)52(27-40-33-79-45-22-17-15-19-41(40)45)70(112)87-47(30-54(78)94)67(109)86-49(32-61(104)105)68(110)90-63(71(113)81-35-55(95)83-46(73(115)116)23-18-25-75)39(5)118-74(117)50(29-53(93)42-20-14-16-21-43(42)76)88-72(114)62(37(3)26-58(98)99)89-69(111)51(36-92)84-56(96)34-80-66(108)48(31-60(102)103)85-64(106)38(4)82-65(107)44(77)28-59(100)101/h14-17,19-22,33,37-39,44,46-52,62-63,79,92H,6-13,18,23-32,34-36,75-77H2,1-5H3,(H2,78,94)(H,80,108)(H,81,113)(H,82,107)(H,83,95)(H,84,96)(H,85,106)(H,86,109)(H,87,112)(H,88,114)(H,89,111)(H,90,110)(H,98,99)(H,100,101)(H,102,103)(H,104,105)(H,115,116)/t37-,38-,39-,44+,46+,47-,48+,49+,50+,51-,52+,62+,63+/m1/s1. The molecule has 1 heterocycles. The highest BCUT2D eigenvalue weighted by Gasteiger charge is 2.41. The number of unbranched alkanes of at least 4 members (excludes halogenated alkanes) is 6. The number of Topliss-reactive ketones (excluding diaryl/α,β-unsaturated/α-hetero) is 1. The number of carbonyl (C=O) groups excluding carboxylic acids is 15. The number of rotatable bonds is 56. The van der Waals surface area contributed by atoms with E-state index in [1.165, 1.54) is 29.2 Å². The molecule has 0 saturated carbocycles. The number of likely N-dealkylation sites (N-methyl/N-ethyl adjacent to an activating group) is 1. The van der Waals surface area contributed by atoms with Gasteiger partial charge in [-0.05, 0) is 76.3 Å². The Hall–Kier alpha value is -12.7. The Kier molecular flexibility index (Phi) is 42.6. The van der Waals surface area contributed by atoms with Crippen molar-refractivity contribution in [2.45, 2.75) is 216 Å². The number of aliphatic hydroxyl groups is 1. The van der Waals surface area contributed by atoms with Crippen LogP contribution in [0.15, 0.2) is 54.7 Å². The molecule has 44 nitrogen and oxygen atoms in total. The number of para-hydroxylation sites is 2. The summed E-state index contributed by atoms with van der Waals surface area (Å²) < 4.78 is 5.66. The molecule has 13 atom stereocenters. The molecule has 26 N–H and O–H groups in total. The summed E-state index contributed by atoms with van der Waals surface area (Å²) in [4.78, 5) is 272. The Balaban J connectivity index is 2.10. The number of hydrogen-bond donors (Lipinski definition) is 22. The van der Waals surface area contributed by atoms with Crippen LogP contribution < -0.4 is 81.4 Å². The molecule has 0 aliphatic carbocycles. The number of hydrogen-bond acceptors (Lipinski definition) is 25. The predicted octanol–water partition coefficient (Wildman–Crippen LogP) is -4.98. The molecular formula is C74H107N17O27. The van der Waals surface area contributed by atoms with Crippen LogP contribution in [0.2, 0.25) is 0 Å². The molecule has 0 radical (unpaired) electrons. The van der Waals surface area contributed by atoms with Crippen LogP contribution in [0.3, 0.4) is 0 Å². The number of ketones is 1. The average Bonchev–Trinajstić information content (AvgIpc) is 1.59. The lowest BCUT2D eigenvalue weighted by Crippen LogP contribution is -2.62. The number of carbonyl (C=O) groups is 20. The minimum atomic E-state index is -2.39. The van der Waals surface area contributed by atoms with E-state index < -0.39 is 255 Å². The number of carboxylic acids is 5. The number of H-pyrrole nitrogens is 1. The van der Waals surface area contributed by atoms with Crippen LogP contribution in [0.25, 0.3) is 10.9 Å². The largest absolute Gasteiger partial charge is 0.481 e. The Morgan fingerprint density at radius 2 is 1.03 bits per heavy atom. The van der Waals surface area contributed by atoms with Crippen molar-refractivity contribution in [3.8, 4) is 0 Å². The first-order valence-electron chi connectivity index (χ1n) is 37.8. The number of nitrogens with one attached hydrogen (secondary N) is 12. The first kappa shape index (κ1) is 99.5. The number of amides is 13. The fraction of sp³-hybridized carbons (Fsp3) is 0.541. The number of aromatic nitrogens is 1. The van der Waals surface area contributed by atoms with Crippen LogP contribution in [0, 0.1) is 5.92 Å². The summed E-state index contributed by atoms with van der Waals surface area (Å²) in [5.41, 5.74) is 23.5. The summed E-state index contributed by atoms with van der Waals surface area (Å²) >= 11 is 0. The number of carboxylic acid groups (broad SMARTS) is 5. The van der Waals surface area contributed by atoms with Crippen molar-refractivity contribution in [3.63, 3.8) is 0 Å². The molecule has 0 spiro atoms. The maximum absolute atomic E-state index is 14.8. The van der Waals surface area contributed by atoms with E-state index in [4.69, 9.17) is 32.8 Å². The van der Waals surface area contributed by atoms with Gasteiger partial charge in [-0.1, -0.05) is 82.7 Å². The van der Waals surface area contributed by atoms with Crippen LogP contribution >= 0.6 is 0 Å². The third kappa shape index (κ3) is 34.4. The number of esters is 1. The Labute approximate surface area is 676 Å². The number of aliphatic hydroxyl groups excluding tert-OH is 1. The first-order chi connectivity index (χ1) is 55.7. The lowest BCUT2D eigenvalue weighted by molar-refractivity contribution is -0.156. The second kappa shape index (κ2) is 50.6. The van der Waals surface area contributed by atoms with Crippen LogP contribution in [0.5, 0.6) is 0 Å². The number of aliphatic carboxylic acids is 5. The predicted molar refractivity (Wildman–Crippen MR) is 413 cm³/mol. The van der Waals surface area contributed by atoms with E-state index in [2.05, 4.69) is 54.4 Å². The molecule has 118 heavy (non-hydrogen) atoms. The Morgan fingerprint density at radius 3 is 1.60 bits per heavy atom. The zero-order valence-corrected chi connectivity index (χ0v) is 65.8. The maximum Gasteiger partial charge on any atom is 0.329 e. The van der Waals surface area contributed by atoms with Crippen LogP contribution in [0.4, 0.5) is 5.69 Å². The van der Waals surface area contributed by atoms with Crippen molar-refractivity contribution in [1.82, 2.24) is 68.4 Å². The number of nitrogens with zero attached hydrogens (tertiary/aromatic N) is 1. The number of primary amides is 1.